The molecular weight excluding hydrogens is 134 g/mol. The van der Waals surface area contributed by atoms with E-state index in [9.17, 15) is 9.59 Å². The zero-order valence-electron chi connectivity index (χ0n) is 5.63. The Labute approximate surface area is 58.2 Å². The summed E-state index contributed by atoms with van der Waals surface area (Å²) in [7, 11) is 0. The van der Waals surface area contributed by atoms with Crippen LogP contribution in [0.25, 0.3) is 0 Å². The zero-order valence-corrected chi connectivity index (χ0v) is 5.63. The molecule has 4 heteroatoms. The van der Waals surface area contributed by atoms with E-state index in [1.165, 1.54) is 0 Å². The van der Waals surface area contributed by atoms with E-state index in [2.05, 4.69) is 5.32 Å². The monoisotopic (exact) mass is 143 g/mol. The lowest BCUT2D eigenvalue weighted by Crippen LogP contribution is -2.34. The van der Waals surface area contributed by atoms with Crippen LogP contribution in [0.15, 0.2) is 0 Å². The van der Waals surface area contributed by atoms with Crippen LogP contribution in [0.3, 0.4) is 0 Å². The van der Waals surface area contributed by atoms with Gasteiger partial charge in [-0.2, -0.15) is 0 Å². The molecule has 0 unspecified atom stereocenters. The summed E-state index contributed by atoms with van der Waals surface area (Å²) in [6, 6.07) is -0.955. The lowest BCUT2D eigenvalue weighted by atomic mass is 10.2. The molecule has 2 atom stereocenters. The Hall–Kier alpha value is -0.900. The number of hydrogen-bond donors (Lipinski definition) is 2. The molecule has 4 nitrogen and oxygen atoms in total. The number of carbonyl (C=O) groups excluding carboxylic acids is 1. The van der Waals surface area contributed by atoms with Crippen LogP contribution in [0.2, 0.25) is 0 Å². The minimum atomic E-state index is -0.947. The van der Waals surface area contributed by atoms with Crippen molar-refractivity contribution >= 4 is 11.8 Å². The molecule has 0 bridgehead atoms. The summed E-state index contributed by atoms with van der Waals surface area (Å²) >= 11 is 0. The van der Waals surface area contributed by atoms with Gasteiger partial charge < -0.3 is 5.11 Å². The van der Waals surface area contributed by atoms with Crippen LogP contribution in [-0.2, 0) is 9.59 Å². The van der Waals surface area contributed by atoms with Crippen molar-refractivity contribution in [1.82, 2.24) is 5.32 Å². The highest BCUT2D eigenvalue weighted by Gasteiger charge is 2.32. The molecular formula is C6H9NO3. The van der Waals surface area contributed by atoms with Crippen LogP contribution in [0.5, 0.6) is 0 Å². The van der Waals surface area contributed by atoms with Gasteiger partial charge in [-0.15, -0.1) is 0 Å². The molecule has 0 amide bonds. The quantitative estimate of drug-likeness (QED) is 0.514. The van der Waals surface area contributed by atoms with E-state index in [4.69, 9.17) is 5.11 Å². The first kappa shape index (κ1) is 7.21. The fraction of sp³-hybridized carbons (Fsp3) is 0.667. The SMILES string of the molecule is C[C@@H]1N[C@H](C(=O)O)CC1=O. The molecule has 2 N–H and O–H groups in total. The van der Waals surface area contributed by atoms with Crippen molar-refractivity contribution in [1.29, 1.82) is 0 Å². The van der Waals surface area contributed by atoms with Gasteiger partial charge in [0.15, 0.2) is 5.78 Å². The zero-order chi connectivity index (χ0) is 7.72. The Morgan fingerprint density at radius 2 is 2.40 bits per heavy atom. The van der Waals surface area contributed by atoms with Gasteiger partial charge in [0.25, 0.3) is 0 Å². The Kier molecular flexibility index (Phi) is 1.72. The summed E-state index contributed by atoms with van der Waals surface area (Å²) < 4.78 is 0. The van der Waals surface area contributed by atoms with Gasteiger partial charge in [-0.25, -0.2) is 0 Å². The van der Waals surface area contributed by atoms with Crippen molar-refractivity contribution in [2.75, 3.05) is 0 Å². The molecule has 1 fully saturated rings. The standard InChI is InChI=1S/C6H9NO3/c1-3-5(8)2-4(7-3)6(9)10/h3-4,7H,2H2,1H3,(H,9,10)/t3-,4-/m0/s1. The van der Waals surface area contributed by atoms with Crippen LogP contribution < -0.4 is 5.32 Å². The molecule has 1 aliphatic rings. The molecule has 0 aromatic rings. The maximum atomic E-state index is 10.8. The predicted octanol–water partition coefficient (Wildman–Crippen LogP) is -0.610. The first-order chi connectivity index (χ1) is 4.61. The van der Waals surface area contributed by atoms with E-state index in [0.717, 1.165) is 0 Å². The number of nitrogens with one attached hydrogen (secondary N) is 1. The third kappa shape index (κ3) is 1.16. The lowest BCUT2D eigenvalue weighted by Gasteiger charge is -2.02. The Bertz CT molecular complexity index is 178. The Morgan fingerprint density at radius 1 is 1.80 bits per heavy atom. The maximum Gasteiger partial charge on any atom is 0.321 e. The number of carbonyl (C=O) groups is 2. The molecule has 0 spiro atoms. The van der Waals surface area contributed by atoms with Gasteiger partial charge in [0.1, 0.15) is 6.04 Å². The molecule has 1 rings (SSSR count). The highest BCUT2D eigenvalue weighted by Crippen LogP contribution is 2.07. The Morgan fingerprint density at radius 3 is 2.60 bits per heavy atom. The molecule has 0 aromatic heterocycles. The number of Topliss-reactive ketones (excluding diaryl/α,β-unsaturated/α-hetero) is 1. The minimum Gasteiger partial charge on any atom is -0.480 e. The van der Waals surface area contributed by atoms with Gasteiger partial charge in [0.05, 0.1) is 6.04 Å². The van der Waals surface area contributed by atoms with Gasteiger partial charge in [-0.1, -0.05) is 0 Å². The van der Waals surface area contributed by atoms with E-state index in [0.29, 0.717) is 0 Å². The highest BCUT2D eigenvalue weighted by molar-refractivity contribution is 5.92. The summed E-state index contributed by atoms with van der Waals surface area (Å²) in [4.78, 5) is 21.0. The van der Waals surface area contributed by atoms with E-state index >= 15 is 0 Å². The average Bonchev–Trinajstić information content (AvgIpc) is 2.13. The molecule has 10 heavy (non-hydrogen) atoms. The largest absolute Gasteiger partial charge is 0.480 e. The third-order valence-corrected chi connectivity index (χ3v) is 1.64. The highest BCUT2D eigenvalue weighted by atomic mass is 16.4. The predicted molar refractivity (Wildman–Crippen MR) is 33.6 cm³/mol. The number of ketones is 1. The molecule has 0 saturated carbocycles. The molecule has 0 radical (unpaired) electrons. The van der Waals surface area contributed by atoms with Crippen molar-refractivity contribution in [2.24, 2.45) is 0 Å². The lowest BCUT2D eigenvalue weighted by molar-refractivity contribution is -0.139. The fourth-order valence-corrected chi connectivity index (χ4v) is 0.990. The van der Waals surface area contributed by atoms with Gasteiger partial charge in [-0.3, -0.25) is 14.9 Å². The summed E-state index contributed by atoms with van der Waals surface area (Å²) in [5.41, 5.74) is 0. The van der Waals surface area contributed by atoms with Crippen molar-refractivity contribution < 1.29 is 14.7 Å². The summed E-state index contributed by atoms with van der Waals surface area (Å²) in [6.07, 6.45) is 0.122. The first-order valence-electron chi connectivity index (χ1n) is 3.13. The average molecular weight is 143 g/mol. The van der Waals surface area contributed by atoms with Crippen LogP contribution in [-0.4, -0.2) is 28.9 Å². The maximum absolute atomic E-state index is 10.8. The number of carboxylic acid groups (broad SMARTS) is 1. The van der Waals surface area contributed by atoms with E-state index in [-0.39, 0.29) is 18.2 Å². The number of rotatable bonds is 1. The van der Waals surface area contributed by atoms with Gasteiger partial charge in [0, 0.05) is 6.42 Å². The van der Waals surface area contributed by atoms with Crippen molar-refractivity contribution in [3.8, 4) is 0 Å². The van der Waals surface area contributed by atoms with Gasteiger partial charge >= 0.3 is 5.97 Å². The van der Waals surface area contributed by atoms with Crippen molar-refractivity contribution in [3.05, 3.63) is 0 Å². The smallest absolute Gasteiger partial charge is 0.321 e. The Balaban J connectivity index is 2.57. The molecule has 56 valence electrons. The van der Waals surface area contributed by atoms with E-state index < -0.39 is 12.0 Å². The minimum absolute atomic E-state index is 0.0209. The molecule has 1 saturated heterocycles. The number of hydrogen-bond acceptors (Lipinski definition) is 3. The number of aliphatic carboxylic acids is 1. The third-order valence-electron chi connectivity index (χ3n) is 1.64. The normalized spacial score (nSPS) is 32.7. The van der Waals surface area contributed by atoms with Crippen molar-refractivity contribution in [3.63, 3.8) is 0 Å². The summed E-state index contributed by atoms with van der Waals surface area (Å²) in [6.45, 7) is 1.67. The van der Waals surface area contributed by atoms with Crippen LogP contribution in [0, 0.1) is 0 Å². The molecule has 1 heterocycles. The first-order valence-corrected chi connectivity index (χ1v) is 3.13. The second kappa shape index (κ2) is 2.38. The second-order valence-electron chi connectivity index (χ2n) is 2.45. The van der Waals surface area contributed by atoms with Gasteiger partial charge in [-0.05, 0) is 6.92 Å². The van der Waals surface area contributed by atoms with Crippen LogP contribution in [0.1, 0.15) is 13.3 Å². The van der Waals surface area contributed by atoms with Gasteiger partial charge in [0.2, 0.25) is 0 Å². The van der Waals surface area contributed by atoms with E-state index in [1.54, 1.807) is 6.92 Å². The summed E-state index contributed by atoms with van der Waals surface area (Å²) in [5, 5.41) is 11.1. The molecule has 1 aliphatic heterocycles. The van der Waals surface area contributed by atoms with Crippen LogP contribution in [0.4, 0.5) is 0 Å². The topological polar surface area (TPSA) is 66.4 Å². The molecule has 0 aliphatic carbocycles. The second-order valence-corrected chi connectivity index (χ2v) is 2.45. The summed E-state index contributed by atoms with van der Waals surface area (Å²) in [5.74, 6) is -0.967. The fourth-order valence-electron chi connectivity index (χ4n) is 0.990. The number of carboxylic acids is 1. The van der Waals surface area contributed by atoms with E-state index in [1.807, 2.05) is 0 Å². The van der Waals surface area contributed by atoms with Crippen molar-refractivity contribution in [2.45, 2.75) is 25.4 Å². The van der Waals surface area contributed by atoms with Crippen LogP contribution >= 0.6 is 0 Å². The molecule has 0 aromatic carbocycles.